The summed E-state index contributed by atoms with van der Waals surface area (Å²) in [5, 5.41) is 6.47. The highest BCUT2D eigenvalue weighted by molar-refractivity contribution is 6.32. The molecule has 0 aliphatic rings. The minimum Gasteiger partial charge on any atom is -0.495 e. The lowest BCUT2D eigenvalue weighted by Gasteiger charge is -2.11. The molecule has 0 saturated heterocycles. The molecule has 1 heterocycles. The number of nitrogens with one attached hydrogen (secondary N) is 2. The van der Waals surface area contributed by atoms with E-state index in [0.29, 0.717) is 16.6 Å². The van der Waals surface area contributed by atoms with E-state index >= 15 is 0 Å². The molecule has 0 fully saturated rings. The fourth-order valence-electron chi connectivity index (χ4n) is 2.51. The second-order valence-corrected chi connectivity index (χ2v) is 6.37. The number of halogens is 1. The van der Waals surface area contributed by atoms with Crippen molar-refractivity contribution in [2.24, 2.45) is 0 Å². The third-order valence-electron chi connectivity index (χ3n) is 4.18. The minimum atomic E-state index is -0.304. The van der Waals surface area contributed by atoms with Gasteiger partial charge in [0, 0.05) is 17.4 Å². The fraction of sp³-hybridized carbons (Fsp3) is 0.150. The number of nitrogens with zero attached hydrogens (tertiary/aromatic N) is 2. The fourth-order valence-corrected chi connectivity index (χ4v) is 2.77. The Balaban J connectivity index is 1.77. The normalized spacial score (nSPS) is 10.4. The van der Waals surface area contributed by atoms with Crippen LogP contribution in [-0.4, -0.2) is 23.0 Å². The number of hydrogen-bond acceptors (Lipinski definition) is 5. The molecule has 2 N–H and O–H groups in total. The summed E-state index contributed by atoms with van der Waals surface area (Å²) in [7, 11) is 1.56. The number of amides is 1. The predicted molar refractivity (Wildman–Crippen MR) is 107 cm³/mol. The molecule has 0 saturated carbocycles. The smallest absolute Gasteiger partial charge is 0.274 e. The zero-order valence-electron chi connectivity index (χ0n) is 15.2. The molecule has 138 valence electrons. The molecule has 0 aliphatic carbocycles. The Morgan fingerprint density at radius 2 is 1.93 bits per heavy atom. The Kier molecular flexibility index (Phi) is 5.57. The molecule has 3 rings (SSSR count). The van der Waals surface area contributed by atoms with Crippen molar-refractivity contribution in [2.45, 2.75) is 13.8 Å². The Labute approximate surface area is 162 Å². The first kappa shape index (κ1) is 18.7. The number of aryl methyl sites for hydroxylation is 1. The third kappa shape index (κ3) is 4.35. The first-order valence-electron chi connectivity index (χ1n) is 8.28. The zero-order valence-corrected chi connectivity index (χ0v) is 16.0. The zero-order chi connectivity index (χ0) is 19.4. The number of aromatic nitrogens is 2. The van der Waals surface area contributed by atoms with Crippen LogP contribution in [-0.2, 0) is 0 Å². The van der Waals surface area contributed by atoms with Gasteiger partial charge in [-0.15, -0.1) is 0 Å². The van der Waals surface area contributed by atoms with Crippen LogP contribution in [0.1, 0.15) is 21.6 Å². The molecular formula is C20H19ClN4O2. The van der Waals surface area contributed by atoms with Crippen LogP contribution in [0.4, 0.5) is 17.2 Å². The van der Waals surface area contributed by atoms with E-state index in [-0.39, 0.29) is 11.6 Å². The van der Waals surface area contributed by atoms with Crippen LogP contribution in [0.5, 0.6) is 5.75 Å². The molecule has 6 nitrogen and oxygen atoms in total. The van der Waals surface area contributed by atoms with E-state index in [1.807, 2.05) is 38.1 Å². The Morgan fingerprint density at radius 3 is 2.67 bits per heavy atom. The first-order chi connectivity index (χ1) is 13.0. The molecule has 0 unspecified atom stereocenters. The van der Waals surface area contributed by atoms with E-state index in [1.165, 1.54) is 6.33 Å². The average molecular weight is 383 g/mol. The maximum absolute atomic E-state index is 12.6. The van der Waals surface area contributed by atoms with E-state index in [0.717, 1.165) is 22.5 Å². The van der Waals surface area contributed by atoms with E-state index in [2.05, 4.69) is 20.6 Å². The van der Waals surface area contributed by atoms with Crippen LogP contribution in [0.25, 0.3) is 0 Å². The van der Waals surface area contributed by atoms with Crippen molar-refractivity contribution in [1.82, 2.24) is 9.97 Å². The largest absolute Gasteiger partial charge is 0.495 e. The topological polar surface area (TPSA) is 76.1 Å². The summed E-state index contributed by atoms with van der Waals surface area (Å²) >= 11 is 6.13. The maximum atomic E-state index is 12.6. The lowest BCUT2D eigenvalue weighted by atomic mass is 10.1. The van der Waals surface area contributed by atoms with Gasteiger partial charge in [0.2, 0.25) is 0 Å². The monoisotopic (exact) mass is 382 g/mol. The van der Waals surface area contributed by atoms with Crippen LogP contribution < -0.4 is 15.4 Å². The average Bonchev–Trinajstić information content (AvgIpc) is 2.66. The SMILES string of the molecule is COc1ccc(Nc2cc(C(=O)Nc3cccc(C)c3C)ncn2)cc1Cl. The van der Waals surface area contributed by atoms with Crippen molar-refractivity contribution in [3.63, 3.8) is 0 Å². The van der Waals surface area contributed by atoms with E-state index in [9.17, 15) is 4.79 Å². The molecule has 0 aliphatic heterocycles. The van der Waals surface area contributed by atoms with Gasteiger partial charge < -0.3 is 15.4 Å². The lowest BCUT2D eigenvalue weighted by Crippen LogP contribution is -2.15. The Morgan fingerprint density at radius 1 is 1.11 bits per heavy atom. The third-order valence-corrected chi connectivity index (χ3v) is 4.47. The molecular weight excluding hydrogens is 364 g/mol. The van der Waals surface area contributed by atoms with Crippen LogP contribution >= 0.6 is 11.6 Å². The molecule has 0 bridgehead atoms. The van der Waals surface area contributed by atoms with Gasteiger partial charge in [-0.1, -0.05) is 23.7 Å². The van der Waals surface area contributed by atoms with Crippen LogP contribution in [0.15, 0.2) is 48.8 Å². The highest BCUT2D eigenvalue weighted by Gasteiger charge is 2.12. The molecule has 7 heteroatoms. The number of hydrogen-bond donors (Lipinski definition) is 2. The molecule has 3 aromatic rings. The highest BCUT2D eigenvalue weighted by atomic mass is 35.5. The minimum absolute atomic E-state index is 0.257. The first-order valence-corrected chi connectivity index (χ1v) is 8.66. The van der Waals surface area contributed by atoms with Crippen LogP contribution in [0.3, 0.4) is 0 Å². The number of ether oxygens (including phenoxy) is 1. The van der Waals surface area contributed by atoms with Crippen molar-refractivity contribution in [3.05, 3.63) is 70.6 Å². The molecule has 27 heavy (non-hydrogen) atoms. The second-order valence-electron chi connectivity index (χ2n) is 5.96. The maximum Gasteiger partial charge on any atom is 0.274 e. The standard InChI is InChI=1S/C20H19ClN4O2/c1-12-5-4-6-16(13(12)2)25-20(26)17-10-19(23-11-22-17)24-14-7-8-18(27-3)15(21)9-14/h4-11H,1-3H3,(H,25,26)(H,22,23,24). The number of rotatable bonds is 5. The second kappa shape index (κ2) is 8.05. The summed E-state index contributed by atoms with van der Waals surface area (Å²) in [6.45, 7) is 3.96. The van der Waals surface area contributed by atoms with Crippen molar-refractivity contribution in [1.29, 1.82) is 0 Å². The summed E-state index contributed by atoms with van der Waals surface area (Å²) in [5.41, 5.74) is 3.86. The highest BCUT2D eigenvalue weighted by Crippen LogP contribution is 2.28. The van der Waals surface area contributed by atoms with Crippen LogP contribution in [0.2, 0.25) is 5.02 Å². The van der Waals surface area contributed by atoms with Gasteiger partial charge in [-0.3, -0.25) is 4.79 Å². The molecule has 0 spiro atoms. The Bertz CT molecular complexity index is 991. The molecule has 0 radical (unpaired) electrons. The number of carbonyl (C=O) groups is 1. The Hall–Kier alpha value is -3.12. The predicted octanol–water partition coefficient (Wildman–Crippen LogP) is 4.75. The van der Waals surface area contributed by atoms with Crippen LogP contribution in [0, 0.1) is 13.8 Å². The van der Waals surface area contributed by atoms with Crippen molar-refractivity contribution >= 4 is 34.7 Å². The quantitative estimate of drug-likeness (QED) is 0.665. The van der Waals surface area contributed by atoms with E-state index < -0.39 is 0 Å². The van der Waals surface area contributed by atoms with Crippen molar-refractivity contribution in [2.75, 3.05) is 17.7 Å². The van der Waals surface area contributed by atoms with Gasteiger partial charge in [-0.05, 0) is 49.2 Å². The summed E-state index contributed by atoms with van der Waals surface area (Å²) in [5.74, 6) is 0.762. The van der Waals surface area contributed by atoms with Gasteiger partial charge >= 0.3 is 0 Å². The van der Waals surface area contributed by atoms with Crippen molar-refractivity contribution < 1.29 is 9.53 Å². The summed E-state index contributed by atoms with van der Waals surface area (Å²) in [6, 6.07) is 12.6. The van der Waals surface area contributed by atoms with Crippen molar-refractivity contribution in [3.8, 4) is 5.75 Å². The van der Waals surface area contributed by atoms with Gasteiger partial charge in [-0.2, -0.15) is 0 Å². The van der Waals surface area contributed by atoms with Gasteiger partial charge in [0.1, 0.15) is 23.6 Å². The number of methoxy groups -OCH3 is 1. The summed E-state index contributed by atoms with van der Waals surface area (Å²) < 4.78 is 5.14. The van der Waals surface area contributed by atoms with Gasteiger partial charge in [0.05, 0.1) is 12.1 Å². The molecule has 1 amide bonds. The van der Waals surface area contributed by atoms with Gasteiger partial charge in [-0.25, -0.2) is 9.97 Å². The van der Waals surface area contributed by atoms with Gasteiger partial charge in [0.15, 0.2) is 0 Å². The van der Waals surface area contributed by atoms with E-state index in [1.54, 1.807) is 25.3 Å². The number of anilines is 3. The molecule has 2 aromatic carbocycles. The number of benzene rings is 2. The summed E-state index contributed by atoms with van der Waals surface area (Å²) in [6.07, 6.45) is 1.34. The molecule has 1 aromatic heterocycles. The number of carbonyl (C=O) groups excluding carboxylic acids is 1. The van der Waals surface area contributed by atoms with E-state index in [4.69, 9.17) is 16.3 Å². The molecule has 0 atom stereocenters. The lowest BCUT2D eigenvalue weighted by molar-refractivity contribution is 0.102. The summed E-state index contributed by atoms with van der Waals surface area (Å²) in [4.78, 5) is 20.8. The van der Waals surface area contributed by atoms with Gasteiger partial charge in [0.25, 0.3) is 5.91 Å².